The third-order valence-corrected chi connectivity index (χ3v) is 3.19. The van der Waals surface area contributed by atoms with Crippen LogP contribution in [-0.2, 0) is 0 Å². The predicted molar refractivity (Wildman–Crippen MR) is 59.2 cm³/mol. The van der Waals surface area contributed by atoms with Crippen molar-refractivity contribution in [3.8, 4) is 0 Å². The molecule has 0 radical (unpaired) electrons. The number of hydrogen-bond acceptors (Lipinski definition) is 2. The summed E-state index contributed by atoms with van der Waals surface area (Å²) in [6.45, 7) is 5.02. The number of nitrogens with one attached hydrogen (secondary N) is 1. The molecule has 0 saturated carbocycles. The third-order valence-electron chi connectivity index (χ3n) is 3.19. The largest absolute Gasteiger partial charge is 0.314 e. The van der Waals surface area contributed by atoms with Crippen LogP contribution in [0, 0.1) is 17.5 Å². The van der Waals surface area contributed by atoms with E-state index >= 15 is 0 Å². The van der Waals surface area contributed by atoms with Crippen molar-refractivity contribution in [1.82, 2.24) is 10.2 Å². The maximum Gasteiger partial charge on any atom is 0.161 e. The smallest absolute Gasteiger partial charge is 0.161 e. The lowest BCUT2D eigenvalue weighted by Crippen LogP contribution is -2.44. The number of halogens is 3. The maximum absolute atomic E-state index is 13.6. The van der Waals surface area contributed by atoms with Gasteiger partial charge in [0.05, 0.1) is 0 Å². The highest BCUT2D eigenvalue weighted by Crippen LogP contribution is 2.25. The zero-order valence-electron chi connectivity index (χ0n) is 9.64. The first kappa shape index (κ1) is 12.4. The second kappa shape index (κ2) is 5.06. The fraction of sp³-hybridized carbons (Fsp3) is 0.500. The molecule has 1 saturated heterocycles. The number of rotatable bonds is 2. The lowest BCUT2D eigenvalue weighted by atomic mass is 10.1. The Morgan fingerprint density at radius 2 is 1.65 bits per heavy atom. The van der Waals surface area contributed by atoms with E-state index in [0.29, 0.717) is 6.07 Å². The third kappa shape index (κ3) is 2.61. The summed E-state index contributed by atoms with van der Waals surface area (Å²) in [5.74, 6) is -2.82. The average Bonchev–Trinajstić information content (AvgIpc) is 2.34. The van der Waals surface area contributed by atoms with Crippen molar-refractivity contribution in [3.05, 3.63) is 35.1 Å². The van der Waals surface area contributed by atoms with Gasteiger partial charge in [0.25, 0.3) is 0 Å². The number of piperazine rings is 1. The van der Waals surface area contributed by atoms with Gasteiger partial charge in [-0.05, 0) is 13.0 Å². The molecule has 0 aliphatic carbocycles. The highest BCUT2D eigenvalue weighted by molar-refractivity contribution is 5.23. The van der Waals surface area contributed by atoms with Crippen molar-refractivity contribution in [2.75, 3.05) is 26.2 Å². The lowest BCUT2D eigenvalue weighted by molar-refractivity contribution is 0.182. The molecule has 1 aliphatic heterocycles. The van der Waals surface area contributed by atoms with Crippen LogP contribution >= 0.6 is 0 Å². The topological polar surface area (TPSA) is 15.3 Å². The standard InChI is InChI=1S/C12H15F3N2/c1-8(17-4-2-16-3-5-17)9-6-11(14)12(15)7-10(9)13/h6-8,16H,2-5H2,1H3/t8-/m1/s1. The molecule has 1 aromatic rings. The Balaban J connectivity index is 2.23. The first-order valence-corrected chi connectivity index (χ1v) is 5.69. The first-order chi connectivity index (χ1) is 8.09. The first-order valence-electron chi connectivity index (χ1n) is 5.69. The van der Waals surface area contributed by atoms with Crippen LogP contribution < -0.4 is 5.32 Å². The zero-order chi connectivity index (χ0) is 12.4. The van der Waals surface area contributed by atoms with Gasteiger partial charge in [-0.15, -0.1) is 0 Å². The Morgan fingerprint density at radius 1 is 1.06 bits per heavy atom. The van der Waals surface area contributed by atoms with Crippen LogP contribution in [0.15, 0.2) is 12.1 Å². The summed E-state index contributed by atoms with van der Waals surface area (Å²) >= 11 is 0. The Morgan fingerprint density at radius 3 is 2.29 bits per heavy atom. The van der Waals surface area contributed by atoms with Gasteiger partial charge in [0.2, 0.25) is 0 Å². The van der Waals surface area contributed by atoms with Crippen molar-refractivity contribution >= 4 is 0 Å². The minimum absolute atomic E-state index is 0.214. The fourth-order valence-electron chi connectivity index (χ4n) is 2.12. The SMILES string of the molecule is C[C@H](c1cc(F)c(F)cc1F)N1CCNCC1. The van der Waals surface area contributed by atoms with Crippen LogP contribution in [0.3, 0.4) is 0 Å². The quantitative estimate of drug-likeness (QED) is 0.801. The summed E-state index contributed by atoms with van der Waals surface area (Å²) in [7, 11) is 0. The molecule has 1 N–H and O–H groups in total. The molecular formula is C12H15F3N2. The highest BCUT2D eigenvalue weighted by atomic mass is 19.2. The van der Waals surface area contributed by atoms with Crippen LogP contribution in [-0.4, -0.2) is 31.1 Å². The second-order valence-electron chi connectivity index (χ2n) is 4.25. The van der Waals surface area contributed by atoms with Gasteiger partial charge in [0.15, 0.2) is 11.6 Å². The summed E-state index contributed by atoms with van der Waals surface area (Å²) < 4.78 is 39.5. The van der Waals surface area contributed by atoms with Gasteiger partial charge in [-0.2, -0.15) is 0 Å². The Bertz CT molecular complexity index is 403. The zero-order valence-corrected chi connectivity index (χ0v) is 9.64. The minimum atomic E-state index is -1.14. The molecular weight excluding hydrogens is 229 g/mol. The molecule has 17 heavy (non-hydrogen) atoms. The van der Waals surface area contributed by atoms with Crippen LogP contribution in [0.4, 0.5) is 13.2 Å². The summed E-state index contributed by atoms with van der Waals surface area (Å²) in [4.78, 5) is 2.05. The van der Waals surface area contributed by atoms with Crippen LogP contribution in [0.2, 0.25) is 0 Å². The predicted octanol–water partition coefficient (Wildman–Crippen LogP) is 2.07. The van der Waals surface area contributed by atoms with Gasteiger partial charge in [-0.1, -0.05) is 0 Å². The molecule has 1 heterocycles. The van der Waals surface area contributed by atoms with Crippen molar-refractivity contribution < 1.29 is 13.2 Å². The number of benzene rings is 1. The van der Waals surface area contributed by atoms with E-state index in [2.05, 4.69) is 5.32 Å². The van der Waals surface area contributed by atoms with Crippen molar-refractivity contribution in [2.45, 2.75) is 13.0 Å². The highest BCUT2D eigenvalue weighted by Gasteiger charge is 2.22. The minimum Gasteiger partial charge on any atom is -0.314 e. The average molecular weight is 244 g/mol. The molecule has 2 rings (SSSR count). The Labute approximate surface area is 98.4 Å². The van der Waals surface area contributed by atoms with Crippen LogP contribution in [0.25, 0.3) is 0 Å². The van der Waals surface area contributed by atoms with E-state index in [-0.39, 0.29) is 11.6 Å². The summed E-state index contributed by atoms with van der Waals surface area (Å²) in [5.41, 5.74) is 0.214. The van der Waals surface area contributed by atoms with E-state index in [1.54, 1.807) is 6.92 Å². The van der Waals surface area contributed by atoms with Crippen molar-refractivity contribution in [3.63, 3.8) is 0 Å². The molecule has 5 heteroatoms. The molecule has 1 aliphatic rings. The Hall–Kier alpha value is -1.07. The molecule has 0 bridgehead atoms. The molecule has 0 aromatic heterocycles. The van der Waals surface area contributed by atoms with Gasteiger partial charge in [-0.25, -0.2) is 13.2 Å². The second-order valence-corrected chi connectivity index (χ2v) is 4.25. The molecule has 0 spiro atoms. The van der Waals surface area contributed by atoms with E-state index in [1.165, 1.54) is 0 Å². The van der Waals surface area contributed by atoms with Gasteiger partial charge in [0.1, 0.15) is 5.82 Å². The van der Waals surface area contributed by atoms with E-state index in [1.807, 2.05) is 4.90 Å². The Kier molecular flexibility index (Phi) is 3.69. The number of hydrogen-bond donors (Lipinski definition) is 1. The van der Waals surface area contributed by atoms with Crippen LogP contribution in [0.5, 0.6) is 0 Å². The van der Waals surface area contributed by atoms with Crippen molar-refractivity contribution in [1.29, 1.82) is 0 Å². The van der Waals surface area contributed by atoms with Gasteiger partial charge < -0.3 is 5.32 Å². The van der Waals surface area contributed by atoms with E-state index in [9.17, 15) is 13.2 Å². The summed E-state index contributed by atoms with van der Waals surface area (Å²) in [6, 6.07) is 1.33. The maximum atomic E-state index is 13.6. The summed E-state index contributed by atoms with van der Waals surface area (Å²) in [6.07, 6.45) is 0. The molecule has 2 nitrogen and oxygen atoms in total. The molecule has 94 valence electrons. The number of nitrogens with zero attached hydrogens (tertiary/aromatic N) is 1. The van der Waals surface area contributed by atoms with E-state index in [0.717, 1.165) is 32.2 Å². The normalized spacial score (nSPS) is 19.3. The van der Waals surface area contributed by atoms with E-state index < -0.39 is 17.5 Å². The molecule has 0 amide bonds. The van der Waals surface area contributed by atoms with Crippen LogP contribution in [0.1, 0.15) is 18.5 Å². The molecule has 1 atom stereocenters. The molecule has 1 aromatic carbocycles. The van der Waals surface area contributed by atoms with Gasteiger partial charge in [0, 0.05) is 43.9 Å². The fourth-order valence-corrected chi connectivity index (χ4v) is 2.12. The van der Waals surface area contributed by atoms with Gasteiger partial charge in [-0.3, -0.25) is 4.90 Å². The van der Waals surface area contributed by atoms with E-state index in [4.69, 9.17) is 0 Å². The molecule has 1 fully saturated rings. The van der Waals surface area contributed by atoms with Crippen molar-refractivity contribution in [2.24, 2.45) is 0 Å². The molecule has 0 unspecified atom stereocenters. The van der Waals surface area contributed by atoms with Gasteiger partial charge >= 0.3 is 0 Å². The lowest BCUT2D eigenvalue weighted by Gasteiger charge is -2.33. The summed E-state index contributed by atoms with van der Waals surface area (Å²) in [5, 5.41) is 3.19. The monoisotopic (exact) mass is 244 g/mol.